The highest BCUT2D eigenvalue weighted by Crippen LogP contribution is 2.25. The van der Waals surface area contributed by atoms with Gasteiger partial charge in [0.25, 0.3) is 0 Å². The van der Waals surface area contributed by atoms with Crippen LogP contribution in [0, 0.1) is 5.92 Å². The second-order valence-corrected chi connectivity index (χ2v) is 3.24. The van der Waals surface area contributed by atoms with E-state index in [-0.39, 0.29) is 0 Å². The Balaban J connectivity index is 2.03. The highest BCUT2D eigenvalue weighted by molar-refractivity contribution is 4.79. The minimum atomic E-state index is 0.355. The number of likely N-dealkylation sites (tertiary alicyclic amines) is 1. The van der Waals surface area contributed by atoms with Crippen molar-refractivity contribution < 1.29 is 4.84 Å². The van der Waals surface area contributed by atoms with Crippen molar-refractivity contribution in [3.63, 3.8) is 0 Å². The van der Waals surface area contributed by atoms with Crippen LogP contribution in [-0.4, -0.2) is 31.3 Å². The zero-order valence-corrected chi connectivity index (χ0v) is 6.34. The Morgan fingerprint density at radius 2 is 2.50 bits per heavy atom. The van der Waals surface area contributed by atoms with Crippen LogP contribution in [0.4, 0.5) is 0 Å². The SMILES string of the molecule is CN1CCCC2CNOC21. The summed E-state index contributed by atoms with van der Waals surface area (Å²) in [5, 5.41) is 0. The smallest absolute Gasteiger partial charge is 0.135 e. The maximum atomic E-state index is 5.35. The molecule has 3 nitrogen and oxygen atoms in total. The van der Waals surface area contributed by atoms with Crippen molar-refractivity contribution in [2.24, 2.45) is 5.92 Å². The summed E-state index contributed by atoms with van der Waals surface area (Å²) in [6.07, 6.45) is 3.00. The predicted octanol–water partition coefficient (Wildman–Crippen LogP) is 0.189. The van der Waals surface area contributed by atoms with Crippen LogP contribution in [0.3, 0.4) is 0 Å². The molecule has 2 saturated heterocycles. The van der Waals surface area contributed by atoms with Gasteiger partial charge >= 0.3 is 0 Å². The molecule has 1 N–H and O–H groups in total. The Kier molecular flexibility index (Phi) is 1.64. The summed E-state index contributed by atoms with van der Waals surface area (Å²) in [6.45, 7) is 2.22. The Bertz CT molecular complexity index is 129. The van der Waals surface area contributed by atoms with Crippen molar-refractivity contribution in [1.82, 2.24) is 10.4 Å². The van der Waals surface area contributed by atoms with Gasteiger partial charge in [-0.25, -0.2) is 5.48 Å². The number of nitrogens with zero attached hydrogens (tertiary/aromatic N) is 1. The fourth-order valence-electron chi connectivity index (χ4n) is 1.86. The summed E-state index contributed by atoms with van der Waals surface area (Å²) in [7, 11) is 2.13. The largest absolute Gasteiger partial charge is 0.282 e. The molecular formula is C7H14N2O. The lowest BCUT2D eigenvalue weighted by Crippen LogP contribution is -2.41. The third kappa shape index (κ3) is 0.944. The third-order valence-corrected chi connectivity index (χ3v) is 2.47. The minimum Gasteiger partial charge on any atom is -0.282 e. The second-order valence-electron chi connectivity index (χ2n) is 3.24. The van der Waals surface area contributed by atoms with Gasteiger partial charge in [-0.1, -0.05) is 0 Å². The highest BCUT2D eigenvalue weighted by Gasteiger charge is 2.34. The topological polar surface area (TPSA) is 24.5 Å². The number of nitrogens with one attached hydrogen (secondary N) is 1. The lowest BCUT2D eigenvalue weighted by Gasteiger charge is -2.31. The molecule has 2 aliphatic heterocycles. The summed E-state index contributed by atoms with van der Waals surface area (Å²) in [4.78, 5) is 7.63. The zero-order valence-electron chi connectivity index (χ0n) is 6.34. The van der Waals surface area contributed by atoms with Crippen LogP contribution in [0.25, 0.3) is 0 Å². The fourth-order valence-corrected chi connectivity index (χ4v) is 1.86. The highest BCUT2D eigenvalue weighted by atomic mass is 16.7. The van der Waals surface area contributed by atoms with Crippen molar-refractivity contribution in [1.29, 1.82) is 0 Å². The quantitative estimate of drug-likeness (QED) is 0.522. The van der Waals surface area contributed by atoms with Gasteiger partial charge in [-0.3, -0.25) is 9.74 Å². The Morgan fingerprint density at radius 3 is 3.30 bits per heavy atom. The Labute approximate surface area is 61.3 Å². The van der Waals surface area contributed by atoms with Gasteiger partial charge in [-0.05, 0) is 19.9 Å². The van der Waals surface area contributed by atoms with E-state index in [9.17, 15) is 0 Å². The molecule has 0 spiro atoms. The average Bonchev–Trinajstić information content (AvgIpc) is 2.36. The zero-order chi connectivity index (χ0) is 6.97. The molecule has 2 fully saturated rings. The van der Waals surface area contributed by atoms with E-state index in [1.54, 1.807) is 0 Å². The van der Waals surface area contributed by atoms with Crippen LogP contribution < -0.4 is 5.48 Å². The Morgan fingerprint density at radius 1 is 1.60 bits per heavy atom. The molecule has 10 heavy (non-hydrogen) atoms. The van der Waals surface area contributed by atoms with Crippen molar-refractivity contribution in [3.05, 3.63) is 0 Å². The summed E-state index contributed by atoms with van der Waals surface area (Å²) in [5.74, 6) is 0.735. The van der Waals surface area contributed by atoms with E-state index in [0.717, 1.165) is 12.5 Å². The normalized spacial score (nSPS) is 41.7. The number of hydrogen-bond donors (Lipinski definition) is 1. The van der Waals surface area contributed by atoms with Crippen molar-refractivity contribution in [2.75, 3.05) is 20.1 Å². The molecule has 0 aromatic carbocycles. The maximum Gasteiger partial charge on any atom is 0.135 e. The molecule has 2 unspecified atom stereocenters. The van der Waals surface area contributed by atoms with Crippen LogP contribution in [0.1, 0.15) is 12.8 Å². The molecule has 0 aromatic heterocycles. The predicted molar refractivity (Wildman–Crippen MR) is 38.2 cm³/mol. The molecule has 2 atom stereocenters. The summed E-state index contributed by atoms with van der Waals surface area (Å²) >= 11 is 0. The monoisotopic (exact) mass is 142 g/mol. The van der Waals surface area contributed by atoms with Crippen molar-refractivity contribution in [2.45, 2.75) is 19.1 Å². The first-order valence-electron chi connectivity index (χ1n) is 3.96. The molecule has 2 heterocycles. The van der Waals surface area contributed by atoms with Gasteiger partial charge < -0.3 is 0 Å². The van der Waals surface area contributed by atoms with Gasteiger partial charge in [0.1, 0.15) is 6.23 Å². The molecule has 0 amide bonds. The van der Waals surface area contributed by atoms with E-state index in [0.29, 0.717) is 6.23 Å². The van der Waals surface area contributed by atoms with E-state index in [4.69, 9.17) is 4.84 Å². The number of fused-ring (bicyclic) bond motifs is 1. The number of piperidine rings is 1. The van der Waals surface area contributed by atoms with Gasteiger partial charge in [0.05, 0.1) is 0 Å². The first kappa shape index (κ1) is 6.58. The van der Waals surface area contributed by atoms with Crippen LogP contribution in [0.15, 0.2) is 0 Å². The van der Waals surface area contributed by atoms with Gasteiger partial charge in [-0.2, -0.15) is 0 Å². The van der Waals surface area contributed by atoms with Crippen LogP contribution in [0.5, 0.6) is 0 Å². The number of hydrogen-bond acceptors (Lipinski definition) is 3. The van der Waals surface area contributed by atoms with Crippen LogP contribution >= 0.6 is 0 Å². The summed E-state index contributed by atoms with van der Waals surface area (Å²) in [5.41, 5.74) is 2.95. The lowest BCUT2D eigenvalue weighted by molar-refractivity contribution is -0.0810. The van der Waals surface area contributed by atoms with E-state index < -0.39 is 0 Å². The van der Waals surface area contributed by atoms with Gasteiger partial charge in [0.2, 0.25) is 0 Å². The fraction of sp³-hybridized carbons (Fsp3) is 1.00. The van der Waals surface area contributed by atoms with Crippen LogP contribution in [-0.2, 0) is 4.84 Å². The molecule has 0 bridgehead atoms. The number of rotatable bonds is 0. The van der Waals surface area contributed by atoms with Gasteiger partial charge in [0.15, 0.2) is 0 Å². The summed E-state index contributed by atoms with van der Waals surface area (Å²) < 4.78 is 0. The van der Waals surface area contributed by atoms with E-state index in [2.05, 4.69) is 17.4 Å². The van der Waals surface area contributed by atoms with Crippen molar-refractivity contribution >= 4 is 0 Å². The first-order chi connectivity index (χ1) is 4.88. The molecular weight excluding hydrogens is 128 g/mol. The molecule has 58 valence electrons. The Hall–Kier alpha value is -0.120. The van der Waals surface area contributed by atoms with Crippen LogP contribution in [0.2, 0.25) is 0 Å². The maximum absolute atomic E-state index is 5.35. The summed E-state index contributed by atoms with van der Waals surface area (Å²) in [6, 6.07) is 0. The molecule has 3 heteroatoms. The minimum absolute atomic E-state index is 0.355. The van der Waals surface area contributed by atoms with E-state index in [1.807, 2.05) is 0 Å². The third-order valence-electron chi connectivity index (χ3n) is 2.47. The molecule has 0 radical (unpaired) electrons. The van der Waals surface area contributed by atoms with Crippen molar-refractivity contribution in [3.8, 4) is 0 Å². The molecule has 0 aliphatic carbocycles. The lowest BCUT2D eigenvalue weighted by atomic mass is 9.97. The molecule has 2 aliphatic rings. The second kappa shape index (κ2) is 2.49. The standard InChI is InChI=1S/C7H14N2O/c1-9-4-2-3-6-5-8-10-7(6)9/h6-8H,2-5H2,1H3. The number of hydroxylamine groups is 1. The average molecular weight is 142 g/mol. The van der Waals surface area contributed by atoms with Gasteiger partial charge in [0, 0.05) is 19.0 Å². The van der Waals surface area contributed by atoms with E-state index >= 15 is 0 Å². The first-order valence-corrected chi connectivity index (χ1v) is 3.96. The van der Waals surface area contributed by atoms with Gasteiger partial charge in [-0.15, -0.1) is 0 Å². The van der Waals surface area contributed by atoms with E-state index in [1.165, 1.54) is 19.4 Å². The molecule has 2 rings (SSSR count). The molecule has 0 saturated carbocycles. The molecule has 0 aromatic rings.